The van der Waals surface area contributed by atoms with Crippen molar-refractivity contribution in [2.45, 2.75) is 44.5 Å². The molecule has 0 aromatic carbocycles. The highest BCUT2D eigenvalue weighted by atomic mass is 16.6. The van der Waals surface area contributed by atoms with E-state index in [4.69, 9.17) is 9.47 Å². The molecular formula is C9H14O3. The number of rotatable bonds is 2. The molecule has 0 amide bonds. The van der Waals surface area contributed by atoms with Crippen molar-refractivity contribution in [1.82, 2.24) is 0 Å². The Balaban J connectivity index is 2.00. The van der Waals surface area contributed by atoms with Gasteiger partial charge in [-0.05, 0) is 13.3 Å². The van der Waals surface area contributed by atoms with Crippen LogP contribution in [0.2, 0.25) is 0 Å². The number of hydrogen-bond donors (Lipinski definition) is 0. The second-order valence-electron chi connectivity index (χ2n) is 3.40. The van der Waals surface area contributed by atoms with Gasteiger partial charge in [0.15, 0.2) is 5.78 Å². The number of carbonyl (C=O) groups excluding carboxylic acids is 1. The van der Waals surface area contributed by atoms with Crippen molar-refractivity contribution < 1.29 is 14.3 Å². The highest BCUT2D eigenvalue weighted by Gasteiger charge is 2.42. The zero-order valence-corrected chi connectivity index (χ0v) is 7.29. The summed E-state index contributed by atoms with van der Waals surface area (Å²) in [5.41, 5.74) is 0. The summed E-state index contributed by atoms with van der Waals surface area (Å²) in [4.78, 5) is 11.2. The molecule has 2 fully saturated rings. The lowest BCUT2D eigenvalue weighted by Crippen LogP contribution is -2.29. The second-order valence-corrected chi connectivity index (χ2v) is 3.40. The minimum Gasteiger partial charge on any atom is -0.376 e. The topological polar surface area (TPSA) is 35.5 Å². The molecule has 0 aromatic heterocycles. The van der Waals surface area contributed by atoms with Crippen LogP contribution in [0.3, 0.4) is 0 Å². The van der Waals surface area contributed by atoms with Crippen LogP contribution in [0, 0.1) is 0 Å². The SMILES string of the molecule is CCOC1CC2OC1CCC2=O. The Morgan fingerprint density at radius 1 is 1.67 bits per heavy atom. The molecule has 68 valence electrons. The van der Waals surface area contributed by atoms with Crippen LogP contribution in [0.25, 0.3) is 0 Å². The lowest BCUT2D eigenvalue weighted by Gasteiger charge is -2.20. The summed E-state index contributed by atoms with van der Waals surface area (Å²) in [7, 11) is 0. The molecule has 3 atom stereocenters. The van der Waals surface area contributed by atoms with E-state index in [1.807, 2.05) is 6.92 Å². The van der Waals surface area contributed by atoms with Crippen LogP contribution in [0.15, 0.2) is 0 Å². The minimum atomic E-state index is -0.153. The van der Waals surface area contributed by atoms with Crippen molar-refractivity contribution >= 4 is 5.78 Å². The van der Waals surface area contributed by atoms with Gasteiger partial charge in [0, 0.05) is 19.4 Å². The number of fused-ring (bicyclic) bond motifs is 2. The van der Waals surface area contributed by atoms with Crippen LogP contribution < -0.4 is 0 Å². The first kappa shape index (κ1) is 8.20. The van der Waals surface area contributed by atoms with Crippen molar-refractivity contribution in [3.63, 3.8) is 0 Å². The van der Waals surface area contributed by atoms with E-state index in [1.165, 1.54) is 0 Å². The fraction of sp³-hybridized carbons (Fsp3) is 0.889. The number of Topliss-reactive ketones (excluding diaryl/α,β-unsaturated/α-hetero) is 1. The quantitative estimate of drug-likeness (QED) is 0.618. The number of ketones is 1. The summed E-state index contributed by atoms with van der Waals surface area (Å²) < 4.78 is 11.0. The Morgan fingerprint density at radius 2 is 2.50 bits per heavy atom. The Hall–Kier alpha value is -0.410. The van der Waals surface area contributed by atoms with Crippen molar-refractivity contribution in [1.29, 1.82) is 0 Å². The van der Waals surface area contributed by atoms with Gasteiger partial charge in [-0.1, -0.05) is 0 Å². The fourth-order valence-corrected chi connectivity index (χ4v) is 2.01. The zero-order chi connectivity index (χ0) is 8.55. The Bertz CT molecular complexity index is 190. The molecule has 2 heterocycles. The minimum absolute atomic E-state index is 0.153. The van der Waals surface area contributed by atoms with Crippen LogP contribution in [0.4, 0.5) is 0 Å². The smallest absolute Gasteiger partial charge is 0.161 e. The van der Waals surface area contributed by atoms with E-state index in [9.17, 15) is 4.79 Å². The van der Waals surface area contributed by atoms with Gasteiger partial charge in [0.2, 0.25) is 0 Å². The standard InChI is InChI=1S/C9H14O3/c1-2-11-9-5-8-6(10)3-4-7(9)12-8/h7-9H,2-5H2,1H3. The van der Waals surface area contributed by atoms with Gasteiger partial charge in [-0.15, -0.1) is 0 Å². The van der Waals surface area contributed by atoms with E-state index in [2.05, 4.69) is 0 Å². The Kier molecular flexibility index (Phi) is 2.15. The van der Waals surface area contributed by atoms with Crippen LogP contribution in [0.5, 0.6) is 0 Å². The molecule has 2 bridgehead atoms. The van der Waals surface area contributed by atoms with Crippen LogP contribution in [0.1, 0.15) is 26.2 Å². The van der Waals surface area contributed by atoms with E-state index in [0.29, 0.717) is 13.0 Å². The summed E-state index contributed by atoms with van der Waals surface area (Å²) >= 11 is 0. The second kappa shape index (κ2) is 3.15. The molecule has 3 nitrogen and oxygen atoms in total. The molecule has 0 saturated carbocycles. The van der Waals surface area contributed by atoms with Crippen molar-refractivity contribution in [3.8, 4) is 0 Å². The molecule has 0 radical (unpaired) electrons. The Morgan fingerprint density at radius 3 is 3.17 bits per heavy atom. The molecule has 3 heteroatoms. The van der Waals surface area contributed by atoms with Crippen molar-refractivity contribution in [2.24, 2.45) is 0 Å². The average molecular weight is 170 g/mol. The molecule has 3 unspecified atom stereocenters. The van der Waals surface area contributed by atoms with Gasteiger partial charge in [-0.25, -0.2) is 0 Å². The molecule has 0 spiro atoms. The molecule has 2 saturated heterocycles. The molecule has 2 rings (SSSR count). The maximum atomic E-state index is 11.2. The summed E-state index contributed by atoms with van der Waals surface area (Å²) in [6.07, 6.45) is 2.51. The molecular weight excluding hydrogens is 156 g/mol. The van der Waals surface area contributed by atoms with E-state index in [-0.39, 0.29) is 24.1 Å². The summed E-state index contributed by atoms with van der Waals surface area (Å²) in [6, 6.07) is 0. The molecule has 12 heavy (non-hydrogen) atoms. The molecule has 0 N–H and O–H groups in total. The maximum Gasteiger partial charge on any atom is 0.161 e. The lowest BCUT2D eigenvalue weighted by molar-refractivity contribution is -0.136. The lowest BCUT2D eigenvalue weighted by atomic mass is 10.1. The number of ether oxygens (including phenoxy) is 2. The van der Waals surface area contributed by atoms with Gasteiger partial charge >= 0.3 is 0 Å². The molecule has 0 aliphatic carbocycles. The first-order valence-electron chi connectivity index (χ1n) is 4.61. The Labute approximate surface area is 72.0 Å². The third kappa shape index (κ3) is 1.27. The van der Waals surface area contributed by atoms with Crippen LogP contribution >= 0.6 is 0 Å². The number of hydrogen-bond acceptors (Lipinski definition) is 3. The van der Waals surface area contributed by atoms with Crippen LogP contribution in [-0.2, 0) is 14.3 Å². The average Bonchev–Trinajstić information content (AvgIpc) is 2.39. The highest BCUT2D eigenvalue weighted by molar-refractivity contribution is 5.84. The van der Waals surface area contributed by atoms with E-state index < -0.39 is 0 Å². The monoisotopic (exact) mass is 170 g/mol. The first-order valence-corrected chi connectivity index (χ1v) is 4.61. The highest BCUT2D eigenvalue weighted by Crippen LogP contribution is 2.32. The van der Waals surface area contributed by atoms with E-state index in [1.54, 1.807) is 0 Å². The van der Waals surface area contributed by atoms with Gasteiger partial charge < -0.3 is 9.47 Å². The van der Waals surface area contributed by atoms with Gasteiger partial charge in [-0.2, -0.15) is 0 Å². The van der Waals surface area contributed by atoms with E-state index in [0.717, 1.165) is 12.8 Å². The summed E-state index contributed by atoms with van der Waals surface area (Å²) in [5, 5.41) is 0. The third-order valence-electron chi connectivity index (χ3n) is 2.62. The van der Waals surface area contributed by atoms with Gasteiger partial charge in [0.05, 0.1) is 12.2 Å². The molecule has 2 aliphatic rings. The van der Waals surface area contributed by atoms with Gasteiger partial charge in [0.25, 0.3) is 0 Å². The molecule has 2 aliphatic heterocycles. The summed E-state index contributed by atoms with van der Waals surface area (Å²) in [5.74, 6) is 0.258. The summed E-state index contributed by atoms with van der Waals surface area (Å²) in [6.45, 7) is 2.69. The predicted octanol–water partition coefficient (Wildman–Crippen LogP) is 0.912. The van der Waals surface area contributed by atoms with Crippen molar-refractivity contribution in [2.75, 3.05) is 6.61 Å². The number of carbonyl (C=O) groups is 1. The van der Waals surface area contributed by atoms with Crippen molar-refractivity contribution in [3.05, 3.63) is 0 Å². The largest absolute Gasteiger partial charge is 0.376 e. The van der Waals surface area contributed by atoms with E-state index >= 15 is 0 Å². The molecule has 0 aromatic rings. The first-order chi connectivity index (χ1) is 5.81. The fourth-order valence-electron chi connectivity index (χ4n) is 2.01. The van der Waals surface area contributed by atoms with Crippen LogP contribution in [-0.4, -0.2) is 30.7 Å². The maximum absolute atomic E-state index is 11.2. The zero-order valence-electron chi connectivity index (χ0n) is 7.29. The van der Waals surface area contributed by atoms with Gasteiger partial charge in [-0.3, -0.25) is 4.79 Å². The predicted molar refractivity (Wildman–Crippen MR) is 42.9 cm³/mol. The normalized spacial score (nSPS) is 40.4. The van der Waals surface area contributed by atoms with Gasteiger partial charge in [0.1, 0.15) is 6.10 Å². The third-order valence-corrected chi connectivity index (χ3v) is 2.62.